The highest BCUT2D eigenvalue weighted by molar-refractivity contribution is 6.30. The molecule has 0 aliphatic rings. The van der Waals surface area contributed by atoms with Crippen LogP contribution in [0.15, 0.2) is 78.9 Å². The fourth-order valence-corrected chi connectivity index (χ4v) is 3.17. The van der Waals surface area contributed by atoms with Crippen LogP contribution in [0.3, 0.4) is 0 Å². The zero-order valence-corrected chi connectivity index (χ0v) is 16.3. The molecule has 0 unspecified atom stereocenters. The van der Waals surface area contributed by atoms with E-state index < -0.39 is 0 Å². The van der Waals surface area contributed by atoms with E-state index in [-0.39, 0.29) is 11.9 Å². The Bertz CT molecular complexity index is 911. The van der Waals surface area contributed by atoms with E-state index in [0.29, 0.717) is 11.6 Å². The highest BCUT2D eigenvalue weighted by Gasteiger charge is 2.19. The first-order valence-corrected chi connectivity index (χ1v) is 9.32. The number of nitrogens with one attached hydrogen (secondary N) is 1. The summed E-state index contributed by atoms with van der Waals surface area (Å²) in [5.41, 5.74) is 3.98. The van der Waals surface area contributed by atoms with Crippen molar-refractivity contribution in [2.45, 2.75) is 19.5 Å². The van der Waals surface area contributed by atoms with E-state index in [1.54, 1.807) is 0 Å². The summed E-state index contributed by atoms with van der Waals surface area (Å²) in [5, 5.41) is 3.78. The zero-order valence-electron chi connectivity index (χ0n) is 15.5. The molecule has 3 aromatic carbocycles. The fourth-order valence-electron chi connectivity index (χ4n) is 2.96. The SMILES string of the molecule is C[C@H](C(=O)Nc1ccccc1-c1ccccc1)N(C)Cc1cccc(Cl)c1. The number of para-hydroxylation sites is 1. The predicted molar refractivity (Wildman–Crippen MR) is 113 cm³/mol. The lowest BCUT2D eigenvalue weighted by atomic mass is 10.0. The highest BCUT2D eigenvalue weighted by Crippen LogP contribution is 2.27. The van der Waals surface area contributed by atoms with E-state index in [0.717, 1.165) is 22.4 Å². The second-order valence-corrected chi connectivity index (χ2v) is 7.06. The first-order chi connectivity index (χ1) is 13.0. The molecule has 3 nitrogen and oxygen atoms in total. The second kappa shape index (κ2) is 8.85. The van der Waals surface area contributed by atoms with Gasteiger partial charge in [-0.15, -0.1) is 0 Å². The molecule has 1 N–H and O–H groups in total. The molecule has 0 aromatic heterocycles. The van der Waals surface area contributed by atoms with Crippen molar-refractivity contribution < 1.29 is 4.79 Å². The van der Waals surface area contributed by atoms with Crippen LogP contribution in [0.4, 0.5) is 5.69 Å². The van der Waals surface area contributed by atoms with Gasteiger partial charge in [0.25, 0.3) is 0 Å². The normalized spacial score (nSPS) is 12.0. The van der Waals surface area contributed by atoms with Gasteiger partial charge in [0.1, 0.15) is 0 Å². The van der Waals surface area contributed by atoms with Gasteiger partial charge in [0.05, 0.1) is 6.04 Å². The van der Waals surface area contributed by atoms with Crippen LogP contribution < -0.4 is 5.32 Å². The Morgan fingerprint density at radius 3 is 2.44 bits per heavy atom. The Kier molecular flexibility index (Phi) is 6.28. The smallest absolute Gasteiger partial charge is 0.241 e. The molecule has 0 spiro atoms. The standard InChI is InChI=1S/C23H23ClN2O/c1-17(26(2)16-18-9-8-12-20(24)15-18)23(27)25-22-14-7-6-13-21(22)19-10-4-3-5-11-19/h3-15,17H,16H2,1-2H3,(H,25,27)/t17-/m1/s1. The summed E-state index contributed by atoms with van der Waals surface area (Å²) in [6, 6.07) is 25.3. The Morgan fingerprint density at radius 1 is 1.00 bits per heavy atom. The largest absolute Gasteiger partial charge is 0.324 e. The third-order valence-electron chi connectivity index (χ3n) is 4.63. The van der Waals surface area contributed by atoms with Crippen molar-refractivity contribution in [3.8, 4) is 11.1 Å². The van der Waals surface area contributed by atoms with E-state index >= 15 is 0 Å². The summed E-state index contributed by atoms with van der Waals surface area (Å²) in [7, 11) is 1.94. The monoisotopic (exact) mass is 378 g/mol. The number of carbonyl (C=O) groups is 1. The molecule has 0 aliphatic carbocycles. The maximum absolute atomic E-state index is 12.8. The van der Waals surface area contributed by atoms with Crippen LogP contribution in [-0.4, -0.2) is 23.9 Å². The number of anilines is 1. The fraction of sp³-hybridized carbons (Fsp3) is 0.174. The Hall–Kier alpha value is -2.62. The van der Waals surface area contributed by atoms with Crippen molar-refractivity contribution in [2.75, 3.05) is 12.4 Å². The van der Waals surface area contributed by atoms with E-state index in [1.807, 2.05) is 97.7 Å². The molecule has 0 saturated carbocycles. The minimum atomic E-state index is -0.284. The first-order valence-electron chi connectivity index (χ1n) is 8.94. The van der Waals surface area contributed by atoms with E-state index in [2.05, 4.69) is 5.32 Å². The number of nitrogens with zero attached hydrogens (tertiary/aromatic N) is 1. The van der Waals surface area contributed by atoms with Gasteiger partial charge in [0.2, 0.25) is 5.91 Å². The highest BCUT2D eigenvalue weighted by atomic mass is 35.5. The van der Waals surface area contributed by atoms with Crippen LogP contribution in [0.5, 0.6) is 0 Å². The maximum atomic E-state index is 12.8. The molecule has 0 heterocycles. The van der Waals surface area contributed by atoms with Crippen LogP contribution >= 0.6 is 11.6 Å². The van der Waals surface area contributed by atoms with Gasteiger partial charge in [-0.25, -0.2) is 0 Å². The van der Waals surface area contributed by atoms with E-state index in [4.69, 9.17) is 11.6 Å². The van der Waals surface area contributed by atoms with Gasteiger partial charge in [0, 0.05) is 22.8 Å². The molecule has 3 aromatic rings. The van der Waals surface area contributed by atoms with Crippen LogP contribution in [0.2, 0.25) is 5.02 Å². The van der Waals surface area contributed by atoms with Crippen molar-refractivity contribution in [3.05, 3.63) is 89.4 Å². The summed E-state index contributed by atoms with van der Waals surface area (Å²) in [6.07, 6.45) is 0. The predicted octanol–water partition coefficient (Wildman–Crippen LogP) is 5.47. The van der Waals surface area contributed by atoms with Gasteiger partial charge in [-0.3, -0.25) is 9.69 Å². The average molecular weight is 379 g/mol. The molecule has 4 heteroatoms. The molecule has 0 radical (unpaired) electrons. The van der Waals surface area contributed by atoms with Gasteiger partial charge >= 0.3 is 0 Å². The zero-order chi connectivity index (χ0) is 19.2. The van der Waals surface area contributed by atoms with E-state index in [1.165, 1.54) is 0 Å². The summed E-state index contributed by atoms with van der Waals surface area (Å²) in [5.74, 6) is -0.0390. The molecule has 3 rings (SSSR count). The minimum Gasteiger partial charge on any atom is -0.324 e. The van der Waals surface area contributed by atoms with E-state index in [9.17, 15) is 4.79 Å². The molecule has 27 heavy (non-hydrogen) atoms. The molecule has 1 atom stereocenters. The molecule has 0 bridgehead atoms. The van der Waals surface area contributed by atoms with Gasteiger partial charge in [-0.2, -0.15) is 0 Å². The number of amides is 1. The molecule has 0 saturated heterocycles. The minimum absolute atomic E-state index is 0.0390. The Balaban J connectivity index is 1.72. The van der Waals surface area contributed by atoms with Gasteiger partial charge in [0.15, 0.2) is 0 Å². The summed E-state index contributed by atoms with van der Waals surface area (Å²) >= 11 is 6.06. The van der Waals surface area contributed by atoms with Crippen molar-refractivity contribution in [1.82, 2.24) is 4.90 Å². The number of hydrogen-bond acceptors (Lipinski definition) is 2. The summed E-state index contributed by atoms with van der Waals surface area (Å²) in [6.45, 7) is 2.56. The molecule has 0 aliphatic heterocycles. The quantitative estimate of drug-likeness (QED) is 0.617. The number of hydrogen-bond donors (Lipinski definition) is 1. The first kappa shape index (κ1) is 19.2. The van der Waals surface area contributed by atoms with Crippen molar-refractivity contribution in [3.63, 3.8) is 0 Å². The van der Waals surface area contributed by atoms with Crippen molar-refractivity contribution in [1.29, 1.82) is 0 Å². The van der Waals surface area contributed by atoms with Crippen LogP contribution in [0.1, 0.15) is 12.5 Å². The van der Waals surface area contributed by atoms with Crippen molar-refractivity contribution >= 4 is 23.2 Å². The Morgan fingerprint density at radius 2 is 1.70 bits per heavy atom. The lowest BCUT2D eigenvalue weighted by Gasteiger charge is -2.24. The lowest BCUT2D eigenvalue weighted by Crippen LogP contribution is -2.39. The van der Waals surface area contributed by atoms with Gasteiger partial charge < -0.3 is 5.32 Å². The van der Waals surface area contributed by atoms with Gasteiger partial charge in [-0.05, 0) is 43.3 Å². The maximum Gasteiger partial charge on any atom is 0.241 e. The van der Waals surface area contributed by atoms with Crippen molar-refractivity contribution in [2.24, 2.45) is 0 Å². The molecule has 138 valence electrons. The number of benzene rings is 3. The summed E-state index contributed by atoms with van der Waals surface area (Å²) < 4.78 is 0. The second-order valence-electron chi connectivity index (χ2n) is 6.62. The number of halogens is 1. The lowest BCUT2D eigenvalue weighted by molar-refractivity contribution is -0.120. The topological polar surface area (TPSA) is 32.3 Å². The molecule has 0 fully saturated rings. The molecular weight excluding hydrogens is 356 g/mol. The molecule has 1 amide bonds. The average Bonchev–Trinajstić information content (AvgIpc) is 2.68. The van der Waals surface area contributed by atoms with Crippen LogP contribution in [0.25, 0.3) is 11.1 Å². The number of carbonyl (C=O) groups excluding carboxylic acids is 1. The summed E-state index contributed by atoms with van der Waals surface area (Å²) in [4.78, 5) is 14.8. The third kappa shape index (κ3) is 4.97. The molecular formula is C23H23ClN2O. The van der Waals surface area contributed by atoms with Crippen LogP contribution in [0, 0.1) is 0 Å². The van der Waals surface area contributed by atoms with Crippen LogP contribution in [-0.2, 0) is 11.3 Å². The number of likely N-dealkylation sites (N-methyl/N-ethyl adjacent to an activating group) is 1. The van der Waals surface area contributed by atoms with Gasteiger partial charge in [-0.1, -0.05) is 72.3 Å². The third-order valence-corrected chi connectivity index (χ3v) is 4.87. The number of rotatable bonds is 6. The Labute approximate surface area is 165 Å².